The molecule has 0 saturated carbocycles. The van der Waals surface area contributed by atoms with Gasteiger partial charge in [-0.1, -0.05) is 36.4 Å². The summed E-state index contributed by atoms with van der Waals surface area (Å²) in [6, 6.07) is 19.4. The van der Waals surface area contributed by atoms with Gasteiger partial charge in [-0.3, -0.25) is 9.78 Å². The molecular formula is C19H16FN3O. The standard InChI is InChI=1S/C19H16FN3O/c20-17-9-5-4-6-14(17)13-22-19(24)18-12-16(10-11-21-18)23-15-7-2-1-3-8-15/h1-12H,13H2,(H,21,23)(H,22,24). The second-order valence-corrected chi connectivity index (χ2v) is 5.19. The van der Waals surface area contributed by atoms with Crippen molar-refractivity contribution in [3.05, 3.63) is 90.0 Å². The number of para-hydroxylation sites is 1. The van der Waals surface area contributed by atoms with Gasteiger partial charge in [0.25, 0.3) is 5.91 Å². The average Bonchev–Trinajstić information content (AvgIpc) is 2.62. The first-order valence-electron chi connectivity index (χ1n) is 7.52. The highest BCUT2D eigenvalue weighted by Crippen LogP contribution is 2.16. The molecule has 1 heterocycles. The van der Waals surface area contributed by atoms with Gasteiger partial charge in [-0.2, -0.15) is 0 Å². The maximum absolute atomic E-state index is 13.6. The predicted molar refractivity (Wildman–Crippen MR) is 91.5 cm³/mol. The van der Waals surface area contributed by atoms with Gasteiger partial charge in [0, 0.05) is 29.7 Å². The number of carbonyl (C=O) groups is 1. The second kappa shape index (κ2) is 7.37. The number of carbonyl (C=O) groups excluding carboxylic acids is 1. The van der Waals surface area contributed by atoms with E-state index in [4.69, 9.17) is 0 Å². The highest BCUT2D eigenvalue weighted by molar-refractivity contribution is 5.93. The number of hydrogen-bond donors (Lipinski definition) is 2. The summed E-state index contributed by atoms with van der Waals surface area (Å²) in [6.07, 6.45) is 1.56. The molecule has 0 atom stereocenters. The number of nitrogens with zero attached hydrogens (tertiary/aromatic N) is 1. The fourth-order valence-corrected chi connectivity index (χ4v) is 2.23. The number of amides is 1. The van der Waals surface area contributed by atoms with E-state index in [1.54, 1.807) is 36.5 Å². The Hall–Kier alpha value is -3.21. The highest BCUT2D eigenvalue weighted by atomic mass is 19.1. The first-order chi connectivity index (χ1) is 11.7. The molecule has 2 aromatic carbocycles. The van der Waals surface area contributed by atoms with Crippen LogP contribution in [-0.4, -0.2) is 10.9 Å². The van der Waals surface area contributed by atoms with Crippen LogP contribution >= 0.6 is 0 Å². The first-order valence-corrected chi connectivity index (χ1v) is 7.52. The Morgan fingerprint density at radius 1 is 0.958 bits per heavy atom. The zero-order valence-corrected chi connectivity index (χ0v) is 12.9. The van der Waals surface area contributed by atoms with Crippen molar-refractivity contribution in [1.82, 2.24) is 10.3 Å². The fourth-order valence-electron chi connectivity index (χ4n) is 2.23. The zero-order valence-electron chi connectivity index (χ0n) is 12.9. The van der Waals surface area contributed by atoms with Gasteiger partial charge < -0.3 is 10.6 Å². The smallest absolute Gasteiger partial charge is 0.270 e. The van der Waals surface area contributed by atoms with Crippen LogP contribution in [0.3, 0.4) is 0 Å². The van der Waals surface area contributed by atoms with Crippen molar-refractivity contribution in [2.45, 2.75) is 6.54 Å². The Morgan fingerprint density at radius 3 is 2.50 bits per heavy atom. The van der Waals surface area contributed by atoms with Crippen molar-refractivity contribution in [3.8, 4) is 0 Å². The molecule has 0 bridgehead atoms. The summed E-state index contributed by atoms with van der Waals surface area (Å²) in [5, 5.41) is 5.88. The lowest BCUT2D eigenvalue weighted by molar-refractivity contribution is 0.0945. The minimum atomic E-state index is -0.352. The van der Waals surface area contributed by atoms with E-state index in [1.165, 1.54) is 6.07 Å². The molecule has 24 heavy (non-hydrogen) atoms. The Labute approximate surface area is 139 Å². The summed E-state index contributed by atoms with van der Waals surface area (Å²) in [6.45, 7) is 0.115. The largest absolute Gasteiger partial charge is 0.355 e. The molecule has 3 rings (SSSR count). The summed E-state index contributed by atoms with van der Waals surface area (Å²) in [5.74, 6) is -0.694. The van der Waals surface area contributed by atoms with Crippen molar-refractivity contribution >= 4 is 17.3 Å². The number of benzene rings is 2. The molecule has 2 N–H and O–H groups in total. The average molecular weight is 321 g/mol. The van der Waals surface area contributed by atoms with Gasteiger partial charge in [0.2, 0.25) is 0 Å². The van der Waals surface area contributed by atoms with E-state index in [-0.39, 0.29) is 24.0 Å². The summed E-state index contributed by atoms with van der Waals surface area (Å²) < 4.78 is 13.6. The fraction of sp³-hybridized carbons (Fsp3) is 0.0526. The molecule has 120 valence electrons. The normalized spacial score (nSPS) is 10.2. The molecule has 0 radical (unpaired) electrons. The van der Waals surface area contributed by atoms with Gasteiger partial charge >= 0.3 is 0 Å². The lowest BCUT2D eigenvalue weighted by atomic mass is 10.2. The molecule has 0 spiro atoms. The van der Waals surface area contributed by atoms with Crippen LogP contribution in [0.2, 0.25) is 0 Å². The molecule has 4 nitrogen and oxygen atoms in total. The quantitative estimate of drug-likeness (QED) is 0.749. The lowest BCUT2D eigenvalue weighted by Crippen LogP contribution is -2.24. The van der Waals surface area contributed by atoms with Crippen LogP contribution in [0.4, 0.5) is 15.8 Å². The Morgan fingerprint density at radius 2 is 1.71 bits per heavy atom. The van der Waals surface area contributed by atoms with Crippen LogP contribution in [0.25, 0.3) is 0 Å². The van der Waals surface area contributed by atoms with Crippen LogP contribution < -0.4 is 10.6 Å². The molecule has 0 aliphatic rings. The third kappa shape index (κ3) is 3.95. The van der Waals surface area contributed by atoms with Gasteiger partial charge in [0.1, 0.15) is 11.5 Å². The van der Waals surface area contributed by atoms with Gasteiger partial charge in [0.05, 0.1) is 0 Å². The van der Waals surface area contributed by atoms with E-state index in [2.05, 4.69) is 15.6 Å². The van der Waals surface area contributed by atoms with Gasteiger partial charge in [0.15, 0.2) is 0 Å². The number of hydrogen-bond acceptors (Lipinski definition) is 3. The first kappa shape index (κ1) is 15.7. The van der Waals surface area contributed by atoms with Crippen molar-refractivity contribution in [3.63, 3.8) is 0 Å². The molecule has 3 aromatic rings. The van der Waals surface area contributed by atoms with E-state index in [9.17, 15) is 9.18 Å². The third-order valence-electron chi connectivity index (χ3n) is 3.45. The van der Waals surface area contributed by atoms with E-state index < -0.39 is 0 Å². The number of pyridine rings is 1. The Balaban J connectivity index is 1.67. The summed E-state index contributed by atoms with van der Waals surface area (Å²) in [5.41, 5.74) is 2.38. The Kier molecular flexibility index (Phi) is 4.81. The van der Waals surface area contributed by atoms with Crippen molar-refractivity contribution in [2.75, 3.05) is 5.32 Å². The minimum absolute atomic E-state index is 0.115. The van der Waals surface area contributed by atoms with Crippen molar-refractivity contribution in [1.29, 1.82) is 0 Å². The molecule has 0 saturated heterocycles. The second-order valence-electron chi connectivity index (χ2n) is 5.19. The van der Waals surface area contributed by atoms with Gasteiger partial charge in [-0.25, -0.2) is 4.39 Å². The Bertz CT molecular complexity index is 837. The molecule has 0 fully saturated rings. The van der Waals surface area contributed by atoms with Crippen LogP contribution in [-0.2, 0) is 6.54 Å². The molecule has 0 aliphatic carbocycles. The molecule has 0 aliphatic heterocycles. The predicted octanol–water partition coefficient (Wildman–Crippen LogP) is 3.89. The number of halogens is 1. The SMILES string of the molecule is O=C(NCc1ccccc1F)c1cc(Nc2ccccc2)ccn1. The zero-order chi connectivity index (χ0) is 16.8. The van der Waals surface area contributed by atoms with Crippen molar-refractivity contribution < 1.29 is 9.18 Å². The van der Waals surface area contributed by atoms with E-state index in [0.717, 1.165) is 11.4 Å². The molecular weight excluding hydrogens is 305 g/mol. The van der Waals surface area contributed by atoms with Crippen LogP contribution in [0.5, 0.6) is 0 Å². The van der Waals surface area contributed by atoms with Crippen LogP contribution in [0.15, 0.2) is 72.9 Å². The third-order valence-corrected chi connectivity index (χ3v) is 3.45. The molecule has 5 heteroatoms. The monoisotopic (exact) mass is 321 g/mol. The van der Waals surface area contributed by atoms with Crippen LogP contribution in [0.1, 0.15) is 16.1 Å². The summed E-state index contributed by atoms with van der Waals surface area (Å²) in [4.78, 5) is 16.3. The number of anilines is 2. The van der Waals surface area contributed by atoms with Crippen molar-refractivity contribution in [2.24, 2.45) is 0 Å². The number of nitrogens with one attached hydrogen (secondary N) is 2. The van der Waals surface area contributed by atoms with E-state index in [0.29, 0.717) is 5.56 Å². The maximum Gasteiger partial charge on any atom is 0.270 e. The molecule has 1 aromatic heterocycles. The number of rotatable bonds is 5. The topological polar surface area (TPSA) is 54.0 Å². The van der Waals surface area contributed by atoms with Gasteiger partial charge in [-0.15, -0.1) is 0 Å². The van der Waals surface area contributed by atoms with Crippen LogP contribution in [0, 0.1) is 5.82 Å². The molecule has 1 amide bonds. The lowest BCUT2D eigenvalue weighted by Gasteiger charge is -2.09. The summed E-state index contributed by atoms with van der Waals surface area (Å²) >= 11 is 0. The molecule has 0 unspecified atom stereocenters. The number of aromatic nitrogens is 1. The van der Waals surface area contributed by atoms with Gasteiger partial charge in [-0.05, 0) is 30.3 Å². The highest BCUT2D eigenvalue weighted by Gasteiger charge is 2.09. The minimum Gasteiger partial charge on any atom is -0.355 e. The maximum atomic E-state index is 13.6. The van der Waals surface area contributed by atoms with E-state index >= 15 is 0 Å². The summed E-state index contributed by atoms with van der Waals surface area (Å²) in [7, 11) is 0. The van der Waals surface area contributed by atoms with E-state index in [1.807, 2.05) is 30.3 Å².